The molecule has 0 heterocycles. The van der Waals surface area contributed by atoms with E-state index >= 15 is 0 Å². The molecule has 0 aliphatic heterocycles. The Kier molecular flexibility index (Phi) is 4.98. The van der Waals surface area contributed by atoms with Crippen molar-refractivity contribution in [2.45, 2.75) is 6.42 Å². The topological polar surface area (TPSA) is 83.5 Å². The van der Waals surface area contributed by atoms with Gasteiger partial charge in [0.15, 0.2) is 0 Å². The molecule has 0 bridgehead atoms. The van der Waals surface area contributed by atoms with Gasteiger partial charge in [0.05, 0.1) is 22.0 Å². The molecule has 0 saturated carbocycles. The molecule has 0 radical (unpaired) electrons. The van der Waals surface area contributed by atoms with Crippen LogP contribution >= 0.6 is 11.6 Å². The molecule has 5 nitrogen and oxygen atoms in total. The van der Waals surface area contributed by atoms with Crippen LogP contribution in [-0.2, 0) is 9.84 Å². The SMILES string of the molecule is CS(=O)(=O)CCCNc1ccc(C(=O)O)cc1Cl. The molecule has 0 aromatic heterocycles. The molecule has 100 valence electrons. The zero-order chi connectivity index (χ0) is 13.8. The lowest BCUT2D eigenvalue weighted by atomic mass is 10.2. The first kappa shape index (κ1) is 14.8. The third-order valence-corrected chi connectivity index (χ3v) is 3.57. The Balaban J connectivity index is 2.56. The number of carbonyl (C=O) groups is 1. The number of halogens is 1. The minimum Gasteiger partial charge on any atom is -0.478 e. The van der Waals surface area contributed by atoms with E-state index in [-0.39, 0.29) is 11.3 Å². The number of hydrogen-bond acceptors (Lipinski definition) is 4. The summed E-state index contributed by atoms with van der Waals surface area (Å²) < 4.78 is 21.8. The molecule has 7 heteroatoms. The predicted octanol–water partition coefficient (Wildman–Crippen LogP) is 1.88. The Morgan fingerprint density at radius 1 is 1.44 bits per heavy atom. The highest BCUT2D eigenvalue weighted by Gasteiger charge is 2.07. The van der Waals surface area contributed by atoms with Gasteiger partial charge in [-0.15, -0.1) is 0 Å². The molecule has 0 atom stereocenters. The second kappa shape index (κ2) is 6.06. The van der Waals surface area contributed by atoms with Crippen LogP contribution in [0.25, 0.3) is 0 Å². The second-order valence-electron chi connectivity index (χ2n) is 3.91. The summed E-state index contributed by atoms with van der Waals surface area (Å²) in [6, 6.07) is 4.35. The van der Waals surface area contributed by atoms with E-state index in [0.29, 0.717) is 23.7 Å². The van der Waals surface area contributed by atoms with E-state index in [1.54, 1.807) is 6.07 Å². The monoisotopic (exact) mass is 291 g/mol. The first-order valence-corrected chi connectivity index (χ1v) is 7.68. The van der Waals surface area contributed by atoms with Gasteiger partial charge in [-0.2, -0.15) is 0 Å². The van der Waals surface area contributed by atoms with Crippen LogP contribution in [0.1, 0.15) is 16.8 Å². The van der Waals surface area contributed by atoms with Gasteiger partial charge < -0.3 is 10.4 Å². The van der Waals surface area contributed by atoms with E-state index in [4.69, 9.17) is 16.7 Å². The number of rotatable bonds is 6. The van der Waals surface area contributed by atoms with Crippen molar-refractivity contribution >= 4 is 33.1 Å². The Labute approximate surface area is 111 Å². The molecule has 2 N–H and O–H groups in total. The molecule has 0 aliphatic rings. The first-order chi connectivity index (χ1) is 8.29. The predicted molar refractivity (Wildman–Crippen MR) is 71.2 cm³/mol. The van der Waals surface area contributed by atoms with E-state index in [1.807, 2.05) is 0 Å². The van der Waals surface area contributed by atoms with Crippen LogP contribution in [0.3, 0.4) is 0 Å². The lowest BCUT2D eigenvalue weighted by Crippen LogP contribution is -2.10. The maximum atomic E-state index is 10.9. The number of carboxylic acid groups (broad SMARTS) is 1. The van der Waals surface area contributed by atoms with Crippen molar-refractivity contribution in [1.82, 2.24) is 0 Å². The number of nitrogens with one attached hydrogen (secondary N) is 1. The van der Waals surface area contributed by atoms with Gasteiger partial charge in [-0.1, -0.05) is 11.6 Å². The number of benzene rings is 1. The average molecular weight is 292 g/mol. The van der Waals surface area contributed by atoms with Crippen molar-refractivity contribution in [3.63, 3.8) is 0 Å². The lowest BCUT2D eigenvalue weighted by molar-refractivity contribution is 0.0697. The van der Waals surface area contributed by atoms with E-state index in [9.17, 15) is 13.2 Å². The number of aromatic carboxylic acids is 1. The molecule has 18 heavy (non-hydrogen) atoms. The summed E-state index contributed by atoms with van der Waals surface area (Å²) in [7, 11) is -2.96. The van der Waals surface area contributed by atoms with Crippen molar-refractivity contribution < 1.29 is 18.3 Å². The fourth-order valence-corrected chi connectivity index (χ4v) is 2.26. The van der Waals surface area contributed by atoms with Crippen LogP contribution in [0.15, 0.2) is 18.2 Å². The highest BCUT2D eigenvalue weighted by molar-refractivity contribution is 7.90. The van der Waals surface area contributed by atoms with Crippen molar-refractivity contribution in [2.24, 2.45) is 0 Å². The van der Waals surface area contributed by atoms with Gasteiger partial charge in [-0.05, 0) is 24.6 Å². The van der Waals surface area contributed by atoms with Crippen molar-refractivity contribution in [3.05, 3.63) is 28.8 Å². The summed E-state index contributed by atoms with van der Waals surface area (Å²) in [5.41, 5.74) is 0.705. The summed E-state index contributed by atoms with van der Waals surface area (Å²) in [5.74, 6) is -0.939. The molecule has 1 aromatic rings. The first-order valence-electron chi connectivity index (χ1n) is 5.24. The minimum atomic E-state index is -2.96. The van der Waals surface area contributed by atoms with Crippen molar-refractivity contribution in [3.8, 4) is 0 Å². The Morgan fingerprint density at radius 3 is 2.61 bits per heavy atom. The number of anilines is 1. The normalized spacial score (nSPS) is 11.2. The molecule has 1 aromatic carbocycles. The van der Waals surface area contributed by atoms with E-state index in [1.165, 1.54) is 18.4 Å². The quantitative estimate of drug-likeness (QED) is 0.782. The maximum Gasteiger partial charge on any atom is 0.335 e. The third-order valence-electron chi connectivity index (χ3n) is 2.22. The summed E-state index contributed by atoms with van der Waals surface area (Å²) in [6.45, 7) is 0.458. The smallest absolute Gasteiger partial charge is 0.335 e. The van der Waals surface area contributed by atoms with Gasteiger partial charge >= 0.3 is 5.97 Å². The van der Waals surface area contributed by atoms with E-state index < -0.39 is 15.8 Å². The van der Waals surface area contributed by atoms with Crippen LogP contribution in [0.2, 0.25) is 5.02 Å². The minimum absolute atomic E-state index is 0.102. The summed E-state index contributed by atoms with van der Waals surface area (Å²) >= 11 is 5.90. The summed E-state index contributed by atoms with van der Waals surface area (Å²) in [6.07, 6.45) is 1.65. The highest BCUT2D eigenvalue weighted by atomic mass is 35.5. The Hall–Kier alpha value is -1.27. The van der Waals surface area contributed by atoms with Crippen LogP contribution in [0.4, 0.5) is 5.69 Å². The van der Waals surface area contributed by atoms with Gasteiger partial charge in [0.25, 0.3) is 0 Å². The fourth-order valence-electron chi connectivity index (χ4n) is 1.35. The van der Waals surface area contributed by atoms with Gasteiger partial charge in [0.1, 0.15) is 9.84 Å². The average Bonchev–Trinajstić information content (AvgIpc) is 2.24. The summed E-state index contributed by atoms with van der Waals surface area (Å²) in [4.78, 5) is 10.7. The van der Waals surface area contributed by atoms with Gasteiger partial charge in [-0.3, -0.25) is 0 Å². The zero-order valence-corrected chi connectivity index (χ0v) is 11.4. The van der Waals surface area contributed by atoms with Crippen molar-refractivity contribution in [1.29, 1.82) is 0 Å². The molecular formula is C11H14ClNO4S. The Bertz CT molecular complexity index is 542. The van der Waals surface area contributed by atoms with Gasteiger partial charge in [-0.25, -0.2) is 13.2 Å². The maximum absolute atomic E-state index is 10.9. The largest absolute Gasteiger partial charge is 0.478 e. The lowest BCUT2D eigenvalue weighted by Gasteiger charge is -2.08. The number of sulfone groups is 1. The van der Waals surface area contributed by atoms with Crippen LogP contribution in [-0.4, -0.2) is 38.0 Å². The molecule has 0 aliphatic carbocycles. The number of carboxylic acids is 1. The van der Waals surface area contributed by atoms with E-state index in [2.05, 4.69) is 5.32 Å². The van der Waals surface area contributed by atoms with Gasteiger partial charge in [0.2, 0.25) is 0 Å². The Morgan fingerprint density at radius 2 is 2.11 bits per heavy atom. The third kappa shape index (κ3) is 4.93. The van der Waals surface area contributed by atoms with Crippen LogP contribution in [0.5, 0.6) is 0 Å². The van der Waals surface area contributed by atoms with Crippen LogP contribution < -0.4 is 5.32 Å². The standard InChI is InChI=1S/C11H14ClNO4S/c1-18(16,17)6-2-5-13-10-4-3-8(11(14)15)7-9(10)12/h3-4,7,13H,2,5-6H2,1H3,(H,14,15). The molecule has 0 fully saturated rings. The molecule has 0 amide bonds. The molecule has 0 spiro atoms. The number of hydrogen-bond donors (Lipinski definition) is 2. The van der Waals surface area contributed by atoms with Crippen molar-refractivity contribution in [2.75, 3.05) is 23.9 Å². The fraction of sp³-hybridized carbons (Fsp3) is 0.364. The molecule has 1 rings (SSSR count). The molecular weight excluding hydrogens is 278 g/mol. The second-order valence-corrected chi connectivity index (χ2v) is 6.58. The van der Waals surface area contributed by atoms with Gasteiger partial charge in [0, 0.05) is 12.8 Å². The van der Waals surface area contributed by atoms with Crippen LogP contribution in [0, 0.1) is 0 Å². The van der Waals surface area contributed by atoms with E-state index in [0.717, 1.165) is 0 Å². The zero-order valence-electron chi connectivity index (χ0n) is 9.81. The summed E-state index contributed by atoms with van der Waals surface area (Å²) in [5, 5.41) is 12.0. The highest BCUT2D eigenvalue weighted by Crippen LogP contribution is 2.22. The molecule has 0 unspecified atom stereocenters. The molecule has 0 saturated heterocycles.